The van der Waals surface area contributed by atoms with Crippen molar-refractivity contribution in [3.8, 4) is 17.1 Å². The van der Waals surface area contributed by atoms with Crippen molar-refractivity contribution in [1.29, 1.82) is 0 Å². The molecule has 1 heterocycles. The number of carbonyl (C=O) groups is 1. The monoisotopic (exact) mass is 257 g/mol. The molecule has 19 heavy (non-hydrogen) atoms. The first-order valence-electron chi connectivity index (χ1n) is 5.97. The molecule has 1 amide bonds. The summed E-state index contributed by atoms with van der Waals surface area (Å²) in [5.74, 6) is -0.589. The summed E-state index contributed by atoms with van der Waals surface area (Å²) in [7, 11) is 1.46. The fraction of sp³-hybridized carbons (Fsp3) is 0.214. The van der Waals surface area contributed by atoms with Crippen molar-refractivity contribution in [2.24, 2.45) is 5.73 Å². The third-order valence-electron chi connectivity index (χ3n) is 2.78. The van der Waals surface area contributed by atoms with E-state index in [-0.39, 0.29) is 11.7 Å². The van der Waals surface area contributed by atoms with E-state index in [1.165, 1.54) is 7.11 Å². The molecule has 1 aromatic carbocycles. The number of rotatable bonds is 4. The Morgan fingerprint density at radius 1 is 1.26 bits per heavy atom. The lowest BCUT2D eigenvalue weighted by molar-refractivity contribution is 0.0995. The molecule has 0 spiro atoms. The molecule has 0 atom stereocenters. The Morgan fingerprint density at radius 2 is 1.95 bits per heavy atom. The number of aromatic nitrogens is 2. The molecule has 0 aliphatic heterocycles. The first-order chi connectivity index (χ1) is 9.17. The molecule has 5 heteroatoms. The van der Waals surface area contributed by atoms with Crippen LogP contribution in [0.4, 0.5) is 0 Å². The Labute approximate surface area is 111 Å². The van der Waals surface area contributed by atoms with E-state index >= 15 is 0 Å². The third-order valence-corrected chi connectivity index (χ3v) is 2.78. The second kappa shape index (κ2) is 5.48. The smallest absolute Gasteiger partial charge is 0.317 e. The lowest BCUT2D eigenvalue weighted by Crippen LogP contribution is -2.17. The molecular weight excluding hydrogens is 242 g/mol. The highest BCUT2D eigenvalue weighted by molar-refractivity contribution is 5.98. The van der Waals surface area contributed by atoms with Gasteiger partial charge in [-0.1, -0.05) is 37.3 Å². The van der Waals surface area contributed by atoms with Crippen molar-refractivity contribution in [2.75, 3.05) is 7.11 Å². The van der Waals surface area contributed by atoms with Gasteiger partial charge in [-0.25, -0.2) is 0 Å². The van der Waals surface area contributed by atoms with Crippen LogP contribution in [0.2, 0.25) is 0 Å². The Kier molecular flexibility index (Phi) is 3.75. The van der Waals surface area contributed by atoms with E-state index in [1.807, 2.05) is 37.3 Å². The van der Waals surface area contributed by atoms with Gasteiger partial charge in [0.05, 0.1) is 12.8 Å². The molecule has 5 nitrogen and oxygen atoms in total. The Morgan fingerprint density at radius 3 is 2.47 bits per heavy atom. The van der Waals surface area contributed by atoms with E-state index in [4.69, 9.17) is 10.5 Å². The number of nitrogens with two attached hydrogens (primary N) is 1. The number of hydrogen-bond donors (Lipinski definition) is 1. The standard InChI is InChI=1S/C14H15N3O2/c1-3-10-11(9-7-5-4-6-8-9)12(13(15)18)17-14(16-10)19-2/h4-8H,3H2,1-2H3,(H2,15,18). The molecule has 98 valence electrons. The minimum Gasteiger partial charge on any atom is -0.467 e. The van der Waals surface area contributed by atoms with Crippen LogP contribution in [-0.2, 0) is 6.42 Å². The molecule has 0 aliphatic carbocycles. The topological polar surface area (TPSA) is 78.1 Å². The predicted molar refractivity (Wildman–Crippen MR) is 71.9 cm³/mol. The molecule has 0 fully saturated rings. The summed E-state index contributed by atoms with van der Waals surface area (Å²) < 4.78 is 5.01. The normalized spacial score (nSPS) is 10.2. The number of hydrogen-bond acceptors (Lipinski definition) is 4. The molecule has 1 aromatic heterocycles. The maximum absolute atomic E-state index is 11.6. The van der Waals surface area contributed by atoms with Crippen LogP contribution in [0.5, 0.6) is 6.01 Å². The fourth-order valence-corrected chi connectivity index (χ4v) is 1.92. The average Bonchev–Trinajstić information content (AvgIpc) is 2.46. The van der Waals surface area contributed by atoms with Gasteiger partial charge in [-0.2, -0.15) is 9.97 Å². The quantitative estimate of drug-likeness (QED) is 0.906. The summed E-state index contributed by atoms with van der Waals surface area (Å²) in [4.78, 5) is 20.0. The minimum absolute atomic E-state index is 0.158. The maximum atomic E-state index is 11.6. The Hall–Kier alpha value is -2.43. The van der Waals surface area contributed by atoms with Crippen LogP contribution in [0, 0.1) is 0 Å². The molecule has 0 unspecified atom stereocenters. The second-order valence-electron chi connectivity index (χ2n) is 3.96. The van der Waals surface area contributed by atoms with Gasteiger partial charge >= 0.3 is 6.01 Å². The lowest BCUT2D eigenvalue weighted by Gasteiger charge is -2.12. The molecule has 2 N–H and O–H groups in total. The predicted octanol–water partition coefficient (Wildman–Crippen LogP) is 1.81. The summed E-state index contributed by atoms with van der Waals surface area (Å²) in [6.07, 6.45) is 0.656. The van der Waals surface area contributed by atoms with Crippen LogP contribution < -0.4 is 10.5 Å². The van der Waals surface area contributed by atoms with Crippen molar-refractivity contribution < 1.29 is 9.53 Å². The molecule has 0 radical (unpaired) electrons. The van der Waals surface area contributed by atoms with Gasteiger partial charge < -0.3 is 10.5 Å². The molecule has 0 saturated heterocycles. The van der Waals surface area contributed by atoms with Gasteiger partial charge in [0.15, 0.2) is 0 Å². The van der Waals surface area contributed by atoms with Gasteiger partial charge in [0.2, 0.25) is 0 Å². The lowest BCUT2D eigenvalue weighted by atomic mass is 10.0. The zero-order valence-electron chi connectivity index (χ0n) is 10.9. The summed E-state index contributed by atoms with van der Waals surface area (Å²) in [6, 6.07) is 9.65. The highest BCUT2D eigenvalue weighted by Gasteiger charge is 2.19. The molecule has 0 aliphatic rings. The number of nitrogens with zero attached hydrogens (tertiary/aromatic N) is 2. The Bertz CT molecular complexity index is 597. The summed E-state index contributed by atoms with van der Waals surface area (Å²) in [6.45, 7) is 1.96. The second-order valence-corrected chi connectivity index (χ2v) is 3.96. The van der Waals surface area contributed by atoms with E-state index < -0.39 is 5.91 Å². The van der Waals surface area contributed by atoms with Crippen LogP contribution in [0.15, 0.2) is 30.3 Å². The van der Waals surface area contributed by atoms with Gasteiger partial charge in [-0.05, 0) is 12.0 Å². The van der Waals surface area contributed by atoms with Gasteiger partial charge in [0.1, 0.15) is 5.69 Å². The van der Waals surface area contributed by atoms with Crippen molar-refractivity contribution in [2.45, 2.75) is 13.3 Å². The van der Waals surface area contributed by atoms with Crippen LogP contribution in [0.25, 0.3) is 11.1 Å². The number of amides is 1. The molecule has 0 bridgehead atoms. The summed E-state index contributed by atoms with van der Waals surface area (Å²) in [5, 5.41) is 0. The van der Waals surface area contributed by atoms with E-state index in [0.717, 1.165) is 11.3 Å². The van der Waals surface area contributed by atoms with Gasteiger partial charge in [-0.3, -0.25) is 4.79 Å². The highest BCUT2D eigenvalue weighted by atomic mass is 16.5. The van der Waals surface area contributed by atoms with Crippen LogP contribution >= 0.6 is 0 Å². The van der Waals surface area contributed by atoms with Crippen LogP contribution in [0.3, 0.4) is 0 Å². The maximum Gasteiger partial charge on any atom is 0.317 e. The van der Waals surface area contributed by atoms with Crippen molar-refractivity contribution in [1.82, 2.24) is 9.97 Å². The van der Waals surface area contributed by atoms with Crippen molar-refractivity contribution in [3.63, 3.8) is 0 Å². The van der Waals surface area contributed by atoms with Crippen LogP contribution in [0.1, 0.15) is 23.1 Å². The fourth-order valence-electron chi connectivity index (χ4n) is 1.92. The zero-order chi connectivity index (χ0) is 13.8. The third kappa shape index (κ3) is 2.54. The van der Waals surface area contributed by atoms with Crippen molar-refractivity contribution >= 4 is 5.91 Å². The first kappa shape index (κ1) is 13.0. The average molecular weight is 257 g/mol. The summed E-state index contributed by atoms with van der Waals surface area (Å²) >= 11 is 0. The van der Waals surface area contributed by atoms with Crippen molar-refractivity contribution in [3.05, 3.63) is 41.7 Å². The van der Waals surface area contributed by atoms with E-state index in [9.17, 15) is 4.79 Å². The molecule has 2 aromatic rings. The summed E-state index contributed by atoms with van der Waals surface area (Å²) in [5.41, 5.74) is 7.89. The molecule has 0 saturated carbocycles. The number of benzene rings is 1. The van der Waals surface area contributed by atoms with Crippen LogP contribution in [-0.4, -0.2) is 23.0 Å². The van der Waals surface area contributed by atoms with E-state index in [2.05, 4.69) is 9.97 Å². The first-order valence-corrected chi connectivity index (χ1v) is 5.97. The molecule has 2 rings (SSSR count). The number of aryl methyl sites for hydroxylation is 1. The number of methoxy groups -OCH3 is 1. The van der Waals surface area contributed by atoms with Gasteiger partial charge in [0.25, 0.3) is 5.91 Å². The Balaban J connectivity index is 2.73. The van der Waals surface area contributed by atoms with E-state index in [1.54, 1.807) is 0 Å². The number of carbonyl (C=O) groups excluding carboxylic acids is 1. The SMILES string of the molecule is CCc1nc(OC)nc(C(N)=O)c1-c1ccccc1. The molecular formula is C14H15N3O2. The van der Waals surface area contributed by atoms with Gasteiger partial charge in [-0.15, -0.1) is 0 Å². The number of primary amides is 1. The van der Waals surface area contributed by atoms with Gasteiger partial charge in [0, 0.05) is 5.56 Å². The zero-order valence-corrected chi connectivity index (χ0v) is 10.9. The largest absolute Gasteiger partial charge is 0.467 e. The number of ether oxygens (including phenoxy) is 1. The highest BCUT2D eigenvalue weighted by Crippen LogP contribution is 2.27. The minimum atomic E-state index is -0.589. The van der Waals surface area contributed by atoms with E-state index in [0.29, 0.717) is 12.0 Å².